The van der Waals surface area contributed by atoms with Crippen molar-refractivity contribution >= 4 is 9.84 Å². The van der Waals surface area contributed by atoms with Crippen LogP contribution in [0, 0.1) is 5.92 Å². The molecule has 0 aromatic rings. The average Bonchev–Trinajstić information content (AvgIpc) is 1.79. The van der Waals surface area contributed by atoms with Gasteiger partial charge in [-0.2, -0.15) is 0 Å². The molecule has 2 N–H and O–H groups in total. The molecule has 1 rings (SSSR count). The molecule has 0 aromatic carbocycles. The first kappa shape index (κ1) is 8.01. The summed E-state index contributed by atoms with van der Waals surface area (Å²) in [5.74, 6) is 0.686. The Hall–Kier alpha value is -0.0900. The number of hydrogen-bond acceptors (Lipinski definition) is 3. The summed E-state index contributed by atoms with van der Waals surface area (Å²) >= 11 is 0. The standard InChI is InChI=1S/C6H13NO2S/c1-5-4-10(8,9)3-2-6(5)7/h5-6H,2-4,7H2,1H3/t5-,6+/m1/s1. The molecule has 1 fully saturated rings. The van der Waals surface area contributed by atoms with E-state index in [-0.39, 0.29) is 23.5 Å². The third kappa shape index (κ3) is 1.70. The minimum Gasteiger partial charge on any atom is -0.327 e. The molecule has 0 saturated carbocycles. The van der Waals surface area contributed by atoms with Gasteiger partial charge in [0.05, 0.1) is 11.5 Å². The van der Waals surface area contributed by atoms with Gasteiger partial charge in [0.25, 0.3) is 0 Å². The van der Waals surface area contributed by atoms with Crippen LogP contribution in [0.3, 0.4) is 0 Å². The SMILES string of the molecule is C[C@@H]1CS(=O)(=O)CC[C@@H]1N. The van der Waals surface area contributed by atoms with Crippen molar-refractivity contribution in [2.45, 2.75) is 19.4 Å². The van der Waals surface area contributed by atoms with Gasteiger partial charge in [0.15, 0.2) is 9.84 Å². The first-order chi connectivity index (χ1) is 4.51. The highest BCUT2D eigenvalue weighted by Crippen LogP contribution is 2.16. The lowest BCUT2D eigenvalue weighted by molar-refractivity contribution is 0.451. The van der Waals surface area contributed by atoms with Gasteiger partial charge in [0, 0.05) is 6.04 Å². The molecule has 10 heavy (non-hydrogen) atoms. The lowest BCUT2D eigenvalue weighted by Crippen LogP contribution is -2.40. The summed E-state index contributed by atoms with van der Waals surface area (Å²) in [6.07, 6.45) is 0.628. The van der Waals surface area contributed by atoms with Crippen molar-refractivity contribution < 1.29 is 8.42 Å². The molecule has 0 spiro atoms. The molecule has 1 aliphatic rings. The van der Waals surface area contributed by atoms with Crippen molar-refractivity contribution in [3.8, 4) is 0 Å². The van der Waals surface area contributed by atoms with Crippen LogP contribution in [0.5, 0.6) is 0 Å². The lowest BCUT2D eigenvalue weighted by atomic mass is 10.0. The molecule has 1 saturated heterocycles. The van der Waals surface area contributed by atoms with Gasteiger partial charge in [-0.1, -0.05) is 6.92 Å². The Balaban J connectivity index is 2.66. The normalized spacial score (nSPS) is 39.4. The second-order valence-corrected chi connectivity index (χ2v) is 5.27. The monoisotopic (exact) mass is 163 g/mol. The molecule has 0 bridgehead atoms. The highest BCUT2D eigenvalue weighted by atomic mass is 32.2. The Morgan fingerprint density at radius 2 is 2.10 bits per heavy atom. The highest BCUT2D eigenvalue weighted by molar-refractivity contribution is 7.91. The van der Waals surface area contributed by atoms with Gasteiger partial charge in [-0.05, 0) is 12.3 Å². The number of sulfone groups is 1. The zero-order valence-corrected chi connectivity index (χ0v) is 6.89. The molecular formula is C6H13NO2S. The summed E-state index contributed by atoms with van der Waals surface area (Å²) in [7, 11) is -2.74. The fraction of sp³-hybridized carbons (Fsp3) is 1.00. The van der Waals surface area contributed by atoms with Gasteiger partial charge >= 0.3 is 0 Å². The minimum atomic E-state index is -2.74. The Labute approximate surface area is 61.5 Å². The minimum absolute atomic E-state index is 0.0866. The molecule has 2 atom stereocenters. The van der Waals surface area contributed by atoms with Crippen molar-refractivity contribution in [2.24, 2.45) is 11.7 Å². The van der Waals surface area contributed by atoms with E-state index < -0.39 is 9.84 Å². The summed E-state index contributed by atoms with van der Waals surface area (Å²) in [5, 5.41) is 0. The Bertz CT molecular complexity index is 210. The van der Waals surface area contributed by atoms with Crippen LogP contribution in [0.1, 0.15) is 13.3 Å². The summed E-state index contributed by atoms with van der Waals surface area (Å²) < 4.78 is 21.9. The van der Waals surface area contributed by atoms with Crippen LogP contribution in [0.15, 0.2) is 0 Å². The zero-order valence-electron chi connectivity index (χ0n) is 6.08. The molecule has 1 aliphatic heterocycles. The quantitative estimate of drug-likeness (QED) is 0.536. The fourth-order valence-corrected chi connectivity index (χ4v) is 3.05. The maximum Gasteiger partial charge on any atom is 0.150 e. The van der Waals surface area contributed by atoms with E-state index in [4.69, 9.17) is 5.73 Å². The van der Waals surface area contributed by atoms with Crippen LogP contribution in [-0.4, -0.2) is 26.0 Å². The van der Waals surface area contributed by atoms with E-state index in [1.54, 1.807) is 0 Å². The zero-order chi connectivity index (χ0) is 7.78. The molecule has 3 nitrogen and oxygen atoms in total. The molecule has 1 heterocycles. The molecule has 0 radical (unpaired) electrons. The van der Waals surface area contributed by atoms with Gasteiger partial charge in [0.1, 0.15) is 0 Å². The van der Waals surface area contributed by atoms with Gasteiger partial charge in [-0.25, -0.2) is 8.42 Å². The summed E-state index contributed by atoms with van der Waals surface area (Å²) in [4.78, 5) is 0. The molecule has 0 amide bonds. The lowest BCUT2D eigenvalue weighted by Gasteiger charge is -2.24. The topological polar surface area (TPSA) is 60.2 Å². The van der Waals surface area contributed by atoms with Gasteiger partial charge in [-0.15, -0.1) is 0 Å². The van der Waals surface area contributed by atoms with Crippen LogP contribution in [0.4, 0.5) is 0 Å². The first-order valence-electron chi connectivity index (χ1n) is 3.47. The predicted octanol–water partition coefficient (Wildman–Crippen LogP) is -0.232. The van der Waals surface area contributed by atoms with E-state index in [0.717, 1.165) is 0 Å². The average molecular weight is 163 g/mol. The third-order valence-corrected chi connectivity index (χ3v) is 3.90. The van der Waals surface area contributed by atoms with Crippen molar-refractivity contribution in [1.29, 1.82) is 0 Å². The molecule has 0 unspecified atom stereocenters. The Morgan fingerprint density at radius 3 is 2.50 bits per heavy atom. The van der Waals surface area contributed by atoms with E-state index in [9.17, 15) is 8.42 Å². The van der Waals surface area contributed by atoms with Crippen LogP contribution < -0.4 is 5.73 Å². The van der Waals surface area contributed by atoms with Crippen molar-refractivity contribution in [3.05, 3.63) is 0 Å². The second-order valence-electron chi connectivity index (χ2n) is 3.04. The van der Waals surface area contributed by atoms with Crippen LogP contribution in [0.25, 0.3) is 0 Å². The molecular weight excluding hydrogens is 150 g/mol. The Morgan fingerprint density at radius 1 is 1.50 bits per heavy atom. The van der Waals surface area contributed by atoms with E-state index >= 15 is 0 Å². The van der Waals surface area contributed by atoms with Gasteiger partial charge in [-0.3, -0.25) is 0 Å². The third-order valence-electron chi connectivity index (χ3n) is 2.01. The second kappa shape index (κ2) is 2.51. The largest absolute Gasteiger partial charge is 0.327 e. The van der Waals surface area contributed by atoms with Crippen molar-refractivity contribution in [1.82, 2.24) is 0 Å². The summed E-state index contributed by atoms with van der Waals surface area (Å²) in [5.41, 5.74) is 5.63. The van der Waals surface area contributed by atoms with E-state index in [1.165, 1.54) is 0 Å². The van der Waals surface area contributed by atoms with E-state index in [0.29, 0.717) is 6.42 Å². The molecule has 0 aromatic heterocycles. The number of nitrogens with two attached hydrogens (primary N) is 1. The van der Waals surface area contributed by atoms with E-state index in [1.807, 2.05) is 6.92 Å². The van der Waals surface area contributed by atoms with Gasteiger partial charge in [0.2, 0.25) is 0 Å². The number of rotatable bonds is 0. The highest BCUT2D eigenvalue weighted by Gasteiger charge is 2.27. The Kier molecular flexibility index (Phi) is 2.01. The van der Waals surface area contributed by atoms with Crippen molar-refractivity contribution in [2.75, 3.05) is 11.5 Å². The fourth-order valence-electron chi connectivity index (χ4n) is 1.21. The molecule has 4 heteroatoms. The molecule has 0 aliphatic carbocycles. The van der Waals surface area contributed by atoms with E-state index in [2.05, 4.69) is 0 Å². The van der Waals surface area contributed by atoms with Crippen molar-refractivity contribution in [3.63, 3.8) is 0 Å². The first-order valence-corrected chi connectivity index (χ1v) is 5.29. The predicted molar refractivity (Wildman–Crippen MR) is 40.4 cm³/mol. The van der Waals surface area contributed by atoms with Crippen LogP contribution >= 0.6 is 0 Å². The molecule has 60 valence electrons. The van der Waals surface area contributed by atoms with Crippen LogP contribution in [-0.2, 0) is 9.84 Å². The van der Waals surface area contributed by atoms with Gasteiger partial charge < -0.3 is 5.73 Å². The smallest absolute Gasteiger partial charge is 0.150 e. The maximum atomic E-state index is 11.0. The summed E-state index contributed by atoms with van der Waals surface area (Å²) in [6.45, 7) is 1.89. The van der Waals surface area contributed by atoms with Crippen LogP contribution in [0.2, 0.25) is 0 Å². The summed E-state index contributed by atoms with van der Waals surface area (Å²) in [6, 6.07) is 0.0866. The maximum absolute atomic E-state index is 11.0. The number of hydrogen-bond donors (Lipinski definition) is 1.